The molecule has 0 aromatic carbocycles. The average molecular weight is 201 g/mol. The third-order valence-electron chi connectivity index (χ3n) is 2.16. The number of hydrogen-bond acceptors (Lipinski definition) is 2. The Balaban J connectivity index is 3.34. The summed E-state index contributed by atoms with van der Waals surface area (Å²) in [5.74, 6) is 0.0635. The number of carbonyl (C=O) groups is 1. The molecule has 0 spiro atoms. The highest BCUT2D eigenvalue weighted by Gasteiger charge is 2.05. The molecule has 0 rings (SSSR count). The van der Waals surface area contributed by atoms with Crippen LogP contribution in [-0.2, 0) is 4.79 Å². The van der Waals surface area contributed by atoms with Gasteiger partial charge in [-0.15, -0.1) is 0 Å². The smallest absolute Gasteiger partial charge is 0.220 e. The van der Waals surface area contributed by atoms with E-state index in [1.54, 1.807) is 0 Å². The summed E-state index contributed by atoms with van der Waals surface area (Å²) in [5, 5.41) is 12.1. The van der Waals surface area contributed by atoms with Crippen LogP contribution in [0.25, 0.3) is 0 Å². The van der Waals surface area contributed by atoms with Crippen LogP contribution in [0.2, 0.25) is 0 Å². The molecule has 0 aromatic rings. The van der Waals surface area contributed by atoms with E-state index in [1.807, 2.05) is 6.92 Å². The van der Waals surface area contributed by atoms with E-state index >= 15 is 0 Å². The molecule has 3 heteroatoms. The van der Waals surface area contributed by atoms with E-state index in [4.69, 9.17) is 0 Å². The van der Waals surface area contributed by atoms with Gasteiger partial charge in [-0.25, -0.2) is 0 Å². The number of amides is 1. The van der Waals surface area contributed by atoms with Crippen molar-refractivity contribution >= 4 is 5.91 Å². The molecule has 0 aliphatic heterocycles. The predicted molar refractivity (Wildman–Crippen MR) is 58.1 cm³/mol. The molecule has 0 saturated heterocycles. The van der Waals surface area contributed by atoms with Crippen molar-refractivity contribution in [2.24, 2.45) is 0 Å². The van der Waals surface area contributed by atoms with Crippen molar-refractivity contribution in [1.29, 1.82) is 0 Å². The monoisotopic (exact) mass is 201 g/mol. The lowest BCUT2D eigenvalue weighted by atomic mass is 10.2. The summed E-state index contributed by atoms with van der Waals surface area (Å²) in [6.45, 7) is 4.54. The fourth-order valence-electron chi connectivity index (χ4n) is 1.29. The molecule has 3 nitrogen and oxygen atoms in total. The van der Waals surface area contributed by atoms with E-state index in [1.165, 1.54) is 0 Å². The molecule has 0 saturated carbocycles. The van der Waals surface area contributed by atoms with Crippen LogP contribution in [0.3, 0.4) is 0 Å². The standard InChI is InChI=1S/C11H23NO2/c1-3-5-6-8-11(14)12-9-10(13)7-4-2/h10,13H,3-9H2,1-2H3,(H,12,14). The second-order valence-corrected chi connectivity index (χ2v) is 3.70. The predicted octanol–water partition coefficient (Wildman–Crippen LogP) is 1.84. The second kappa shape index (κ2) is 9.00. The van der Waals surface area contributed by atoms with Crippen LogP contribution in [0.15, 0.2) is 0 Å². The highest BCUT2D eigenvalue weighted by Crippen LogP contribution is 1.99. The van der Waals surface area contributed by atoms with Gasteiger partial charge in [-0.2, -0.15) is 0 Å². The fraction of sp³-hybridized carbons (Fsp3) is 0.909. The summed E-state index contributed by atoms with van der Waals surface area (Å²) in [6.07, 6.45) is 5.10. The van der Waals surface area contributed by atoms with Crippen molar-refractivity contribution in [2.45, 2.75) is 58.5 Å². The van der Waals surface area contributed by atoms with Crippen LogP contribution in [-0.4, -0.2) is 23.7 Å². The lowest BCUT2D eigenvalue weighted by molar-refractivity contribution is -0.121. The van der Waals surface area contributed by atoms with Crippen molar-refractivity contribution in [2.75, 3.05) is 6.54 Å². The molecule has 0 bridgehead atoms. The molecule has 0 aliphatic carbocycles. The van der Waals surface area contributed by atoms with Gasteiger partial charge in [-0.3, -0.25) is 4.79 Å². The van der Waals surface area contributed by atoms with Crippen LogP contribution >= 0.6 is 0 Å². The normalized spacial score (nSPS) is 12.5. The lowest BCUT2D eigenvalue weighted by Crippen LogP contribution is -2.31. The Labute approximate surface area is 86.9 Å². The summed E-state index contributed by atoms with van der Waals surface area (Å²) in [6, 6.07) is 0. The summed E-state index contributed by atoms with van der Waals surface area (Å²) in [4.78, 5) is 11.2. The van der Waals surface area contributed by atoms with E-state index in [0.717, 1.165) is 32.1 Å². The minimum absolute atomic E-state index is 0.0635. The number of aliphatic hydroxyl groups is 1. The third-order valence-corrected chi connectivity index (χ3v) is 2.16. The first kappa shape index (κ1) is 13.4. The Morgan fingerprint density at radius 2 is 2.00 bits per heavy atom. The molecule has 0 aliphatic rings. The van der Waals surface area contributed by atoms with E-state index in [-0.39, 0.29) is 12.0 Å². The van der Waals surface area contributed by atoms with Gasteiger partial charge in [0.2, 0.25) is 5.91 Å². The van der Waals surface area contributed by atoms with Gasteiger partial charge in [0.25, 0.3) is 0 Å². The maximum Gasteiger partial charge on any atom is 0.220 e. The molecule has 84 valence electrons. The Kier molecular flexibility index (Phi) is 8.64. The zero-order chi connectivity index (χ0) is 10.8. The molecule has 1 atom stereocenters. The zero-order valence-corrected chi connectivity index (χ0v) is 9.38. The Hall–Kier alpha value is -0.570. The number of carbonyl (C=O) groups excluding carboxylic acids is 1. The molecule has 0 radical (unpaired) electrons. The molecule has 0 aromatic heterocycles. The van der Waals surface area contributed by atoms with Crippen molar-refractivity contribution in [1.82, 2.24) is 5.32 Å². The minimum Gasteiger partial charge on any atom is -0.391 e. The molecule has 1 amide bonds. The van der Waals surface area contributed by atoms with Crippen LogP contribution in [0.5, 0.6) is 0 Å². The molecular formula is C11H23NO2. The van der Waals surface area contributed by atoms with E-state index in [2.05, 4.69) is 12.2 Å². The quantitative estimate of drug-likeness (QED) is 0.589. The van der Waals surface area contributed by atoms with Crippen LogP contribution in [0.4, 0.5) is 0 Å². The topological polar surface area (TPSA) is 49.3 Å². The van der Waals surface area contributed by atoms with Gasteiger partial charge in [0.1, 0.15) is 0 Å². The van der Waals surface area contributed by atoms with Gasteiger partial charge < -0.3 is 10.4 Å². The molecule has 0 heterocycles. The van der Waals surface area contributed by atoms with Crippen molar-refractivity contribution in [3.05, 3.63) is 0 Å². The number of unbranched alkanes of at least 4 members (excludes halogenated alkanes) is 2. The largest absolute Gasteiger partial charge is 0.391 e. The second-order valence-electron chi connectivity index (χ2n) is 3.70. The first-order valence-corrected chi connectivity index (χ1v) is 5.65. The van der Waals surface area contributed by atoms with Gasteiger partial charge in [-0.05, 0) is 12.8 Å². The Bertz CT molecular complexity index is 148. The number of aliphatic hydroxyl groups excluding tert-OH is 1. The summed E-state index contributed by atoms with van der Waals surface area (Å²) in [7, 11) is 0. The van der Waals surface area contributed by atoms with Gasteiger partial charge in [0, 0.05) is 13.0 Å². The van der Waals surface area contributed by atoms with E-state index in [0.29, 0.717) is 13.0 Å². The summed E-state index contributed by atoms with van der Waals surface area (Å²) >= 11 is 0. The molecule has 14 heavy (non-hydrogen) atoms. The van der Waals surface area contributed by atoms with E-state index < -0.39 is 0 Å². The minimum atomic E-state index is -0.380. The SMILES string of the molecule is CCCCCC(=O)NCC(O)CCC. The first-order valence-electron chi connectivity index (χ1n) is 5.65. The third kappa shape index (κ3) is 8.05. The van der Waals surface area contributed by atoms with Crippen LogP contribution in [0, 0.1) is 0 Å². The fourth-order valence-corrected chi connectivity index (χ4v) is 1.29. The molecule has 2 N–H and O–H groups in total. The Morgan fingerprint density at radius 3 is 2.57 bits per heavy atom. The van der Waals surface area contributed by atoms with Gasteiger partial charge >= 0.3 is 0 Å². The molecule has 0 fully saturated rings. The summed E-state index contributed by atoms with van der Waals surface area (Å²) in [5.41, 5.74) is 0. The van der Waals surface area contributed by atoms with Crippen molar-refractivity contribution in [3.8, 4) is 0 Å². The van der Waals surface area contributed by atoms with Crippen LogP contribution < -0.4 is 5.32 Å². The highest BCUT2D eigenvalue weighted by molar-refractivity contribution is 5.75. The average Bonchev–Trinajstić information content (AvgIpc) is 2.16. The number of nitrogens with one attached hydrogen (secondary N) is 1. The van der Waals surface area contributed by atoms with Gasteiger partial charge in [0.05, 0.1) is 6.10 Å². The maximum absolute atomic E-state index is 11.2. The van der Waals surface area contributed by atoms with Crippen molar-refractivity contribution < 1.29 is 9.90 Å². The van der Waals surface area contributed by atoms with Gasteiger partial charge in [-0.1, -0.05) is 33.1 Å². The van der Waals surface area contributed by atoms with E-state index in [9.17, 15) is 9.90 Å². The first-order chi connectivity index (χ1) is 6.70. The van der Waals surface area contributed by atoms with Crippen LogP contribution in [0.1, 0.15) is 52.4 Å². The molecule has 1 unspecified atom stereocenters. The number of hydrogen-bond donors (Lipinski definition) is 2. The molecular weight excluding hydrogens is 178 g/mol. The van der Waals surface area contributed by atoms with Gasteiger partial charge in [0.15, 0.2) is 0 Å². The lowest BCUT2D eigenvalue weighted by Gasteiger charge is -2.10. The van der Waals surface area contributed by atoms with Crippen molar-refractivity contribution in [3.63, 3.8) is 0 Å². The number of rotatable bonds is 8. The summed E-state index contributed by atoms with van der Waals surface area (Å²) < 4.78 is 0. The highest BCUT2D eigenvalue weighted by atomic mass is 16.3. The maximum atomic E-state index is 11.2. The Morgan fingerprint density at radius 1 is 1.29 bits per heavy atom. The zero-order valence-electron chi connectivity index (χ0n) is 9.38.